The van der Waals surface area contributed by atoms with Crippen molar-refractivity contribution in [3.63, 3.8) is 0 Å². The Hall–Kier alpha value is -1.35. The number of guanidine groups is 1. The molecule has 2 aliphatic rings. The molecule has 2 atom stereocenters. The van der Waals surface area contributed by atoms with Gasteiger partial charge in [-0.15, -0.1) is 24.0 Å². The number of halogens is 2. The summed E-state index contributed by atoms with van der Waals surface area (Å²) in [6.07, 6.45) is 5.54. The van der Waals surface area contributed by atoms with Crippen molar-refractivity contribution >= 4 is 29.9 Å². The smallest absolute Gasteiger partial charge is 0.194 e. The van der Waals surface area contributed by atoms with Gasteiger partial charge in [-0.1, -0.05) is 18.2 Å². The summed E-state index contributed by atoms with van der Waals surface area (Å²) in [4.78, 5) is 9.60. The molecule has 3 rings (SSSR count). The summed E-state index contributed by atoms with van der Waals surface area (Å²) >= 11 is 0. The number of aliphatic imine (C=N–C) groups is 1. The minimum absolute atomic E-state index is 0. The first kappa shape index (κ1) is 21.9. The maximum atomic E-state index is 13.3. The van der Waals surface area contributed by atoms with E-state index >= 15 is 0 Å². The van der Waals surface area contributed by atoms with Crippen LogP contribution in [0.4, 0.5) is 4.39 Å². The second-order valence-electron chi connectivity index (χ2n) is 6.89. The molecule has 0 spiro atoms. The summed E-state index contributed by atoms with van der Waals surface area (Å²) in [5.41, 5.74) is 0. The van der Waals surface area contributed by atoms with Gasteiger partial charge in [0.15, 0.2) is 5.96 Å². The molecule has 1 N–H and O–H groups in total. The van der Waals surface area contributed by atoms with Crippen LogP contribution >= 0.6 is 24.0 Å². The highest BCUT2D eigenvalue weighted by Crippen LogP contribution is 2.18. The third kappa shape index (κ3) is 6.34. The fourth-order valence-corrected chi connectivity index (χ4v) is 3.48. The van der Waals surface area contributed by atoms with Gasteiger partial charge in [-0.3, -0.25) is 4.90 Å². The lowest BCUT2D eigenvalue weighted by Gasteiger charge is -2.25. The van der Waals surface area contributed by atoms with Crippen LogP contribution in [-0.4, -0.2) is 67.2 Å². The Morgan fingerprint density at radius 3 is 2.85 bits per heavy atom. The van der Waals surface area contributed by atoms with Crippen LogP contribution in [0.25, 0.3) is 0 Å². The van der Waals surface area contributed by atoms with E-state index in [0.29, 0.717) is 18.3 Å². The summed E-state index contributed by atoms with van der Waals surface area (Å²) < 4.78 is 19.0. The van der Waals surface area contributed by atoms with Crippen LogP contribution in [0.3, 0.4) is 0 Å². The number of likely N-dealkylation sites (tertiary alicyclic amines) is 1. The Morgan fingerprint density at radius 2 is 2.15 bits per heavy atom. The van der Waals surface area contributed by atoms with E-state index in [0.717, 1.165) is 38.7 Å². The minimum Gasteiger partial charge on any atom is -0.489 e. The number of nitrogens with one attached hydrogen (secondary N) is 1. The predicted molar refractivity (Wildman–Crippen MR) is 119 cm³/mol. The van der Waals surface area contributed by atoms with Gasteiger partial charge in [-0.05, 0) is 32.4 Å². The quantitative estimate of drug-likeness (QED) is 0.289. The van der Waals surface area contributed by atoms with Gasteiger partial charge < -0.3 is 15.0 Å². The first-order chi connectivity index (χ1) is 12.7. The van der Waals surface area contributed by atoms with Gasteiger partial charge in [0, 0.05) is 44.8 Å². The van der Waals surface area contributed by atoms with Gasteiger partial charge in [0.25, 0.3) is 0 Å². The molecule has 2 unspecified atom stereocenters. The van der Waals surface area contributed by atoms with Crippen LogP contribution in [0.1, 0.15) is 20.3 Å². The van der Waals surface area contributed by atoms with E-state index in [-0.39, 0.29) is 35.9 Å². The van der Waals surface area contributed by atoms with Gasteiger partial charge in [-0.25, -0.2) is 9.38 Å². The average molecular weight is 488 g/mol. The molecular formula is C20H30FIN4O. The number of benzene rings is 1. The van der Waals surface area contributed by atoms with Crippen molar-refractivity contribution in [2.45, 2.75) is 32.4 Å². The largest absolute Gasteiger partial charge is 0.489 e. The van der Waals surface area contributed by atoms with E-state index in [1.54, 1.807) is 12.1 Å². The molecule has 0 amide bonds. The molecule has 1 saturated heterocycles. The molecule has 0 aliphatic carbocycles. The van der Waals surface area contributed by atoms with Gasteiger partial charge in [0.1, 0.15) is 17.7 Å². The maximum absolute atomic E-state index is 13.3. The summed E-state index contributed by atoms with van der Waals surface area (Å²) in [5.74, 6) is 1.20. The molecule has 27 heavy (non-hydrogen) atoms. The summed E-state index contributed by atoms with van der Waals surface area (Å²) in [6, 6.07) is 6.83. The van der Waals surface area contributed by atoms with Crippen molar-refractivity contribution in [3.8, 4) is 5.75 Å². The molecule has 1 fully saturated rings. The molecule has 2 aliphatic heterocycles. The van der Waals surface area contributed by atoms with E-state index in [4.69, 9.17) is 9.73 Å². The van der Waals surface area contributed by atoms with E-state index in [1.165, 1.54) is 18.6 Å². The maximum Gasteiger partial charge on any atom is 0.194 e. The third-order valence-electron chi connectivity index (χ3n) is 4.79. The highest BCUT2D eigenvalue weighted by atomic mass is 127. The Balaban J connectivity index is 0.00000261. The van der Waals surface area contributed by atoms with Crippen molar-refractivity contribution in [2.24, 2.45) is 4.99 Å². The standard InChI is InChI=1S/C20H29FN4O.HI/c1-3-22-20(25-12-9-18(15-25)24-10-4-5-11-24)23-14-16(2)26-19-8-6-7-17(21)13-19;/h4-8,13,16,18H,3,9-12,14-15H2,1-2H3,(H,22,23);1H. The lowest BCUT2D eigenvalue weighted by atomic mass is 10.2. The highest BCUT2D eigenvalue weighted by Gasteiger charge is 2.29. The average Bonchev–Trinajstić information content (AvgIpc) is 3.29. The van der Waals surface area contributed by atoms with Crippen molar-refractivity contribution in [2.75, 3.05) is 39.3 Å². The van der Waals surface area contributed by atoms with E-state index in [9.17, 15) is 4.39 Å². The molecule has 150 valence electrons. The molecule has 0 bridgehead atoms. The highest BCUT2D eigenvalue weighted by molar-refractivity contribution is 14.0. The molecule has 7 heteroatoms. The third-order valence-corrected chi connectivity index (χ3v) is 4.79. The monoisotopic (exact) mass is 488 g/mol. The fourth-order valence-electron chi connectivity index (χ4n) is 3.48. The van der Waals surface area contributed by atoms with Crippen LogP contribution in [0, 0.1) is 5.82 Å². The summed E-state index contributed by atoms with van der Waals surface area (Å²) in [7, 11) is 0. The number of hydrogen-bond donors (Lipinski definition) is 1. The van der Waals surface area contributed by atoms with Crippen molar-refractivity contribution < 1.29 is 9.13 Å². The second-order valence-corrected chi connectivity index (χ2v) is 6.89. The Kier molecular flexibility index (Phi) is 8.82. The molecule has 0 radical (unpaired) electrons. The number of ether oxygens (including phenoxy) is 1. The van der Waals surface area contributed by atoms with Crippen LogP contribution in [0.2, 0.25) is 0 Å². The number of hydrogen-bond acceptors (Lipinski definition) is 3. The minimum atomic E-state index is -0.286. The Labute approximate surface area is 178 Å². The van der Waals surface area contributed by atoms with Crippen molar-refractivity contribution in [1.29, 1.82) is 0 Å². The lowest BCUT2D eigenvalue weighted by Crippen LogP contribution is -2.43. The van der Waals surface area contributed by atoms with E-state index in [2.05, 4.69) is 34.2 Å². The SMILES string of the molecule is CCNC(=NCC(C)Oc1cccc(F)c1)N1CCC(N2CC=CC2)C1.I. The van der Waals surface area contributed by atoms with E-state index < -0.39 is 0 Å². The second kappa shape index (κ2) is 10.8. The molecule has 0 aromatic heterocycles. The summed E-state index contributed by atoms with van der Waals surface area (Å²) in [5, 5.41) is 3.39. The van der Waals surface area contributed by atoms with Crippen LogP contribution < -0.4 is 10.1 Å². The molecule has 5 nitrogen and oxygen atoms in total. The molecular weight excluding hydrogens is 458 g/mol. The van der Waals surface area contributed by atoms with Crippen molar-refractivity contribution in [1.82, 2.24) is 15.1 Å². The van der Waals surface area contributed by atoms with Crippen molar-refractivity contribution in [3.05, 3.63) is 42.2 Å². The molecule has 1 aromatic carbocycles. The molecule has 1 aromatic rings. The Bertz CT molecular complexity index is 647. The van der Waals surface area contributed by atoms with Gasteiger partial charge in [0.2, 0.25) is 0 Å². The first-order valence-corrected chi connectivity index (χ1v) is 9.50. The predicted octanol–water partition coefficient (Wildman–Crippen LogP) is 3.12. The van der Waals surface area contributed by atoms with Crippen LogP contribution in [-0.2, 0) is 0 Å². The summed E-state index contributed by atoms with van der Waals surface area (Å²) in [6.45, 7) is 9.56. The van der Waals surface area contributed by atoms with Crippen LogP contribution in [0.5, 0.6) is 5.75 Å². The van der Waals surface area contributed by atoms with Crippen LogP contribution in [0.15, 0.2) is 41.4 Å². The normalized spacial score (nSPS) is 21.2. The zero-order valence-electron chi connectivity index (χ0n) is 16.1. The molecule has 2 heterocycles. The number of nitrogens with zero attached hydrogens (tertiary/aromatic N) is 3. The van der Waals surface area contributed by atoms with Gasteiger partial charge in [-0.2, -0.15) is 0 Å². The van der Waals surface area contributed by atoms with Gasteiger partial charge in [0.05, 0.1) is 6.54 Å². The van der Waals surface area contributed by atoms with Gasteiger partial charge >= 0.3 is 0 Å². The Morgan fingerprint density at radius 1 is 1.37 bits per heavy atom. The number of rotatable bonds is 6. The van der Waals surface area contributed by atoms with E-state index in [1.807, 2.05) is 6.92 Å². The zero-order chi connectivity index (χ0) is 18.4. The molecule has 0 saturated carbocycles. The topological polar surface area (TPSA) is 40.1 Å². The first-order valence-electron chi connectivity index (χ1n) is 9.50. The zero-order valence-corrected chi connectivity index (χ0v) is 18.4. The lowest BCUT2D eigenvalue weighted by molar-refractivity contribution is 0.228. The fraction of sp³-hybridized carbons (Fsp3) is 0.550.